The first-order chi connectivity index (χ1) is 11.6. The Kier molecular flexibility index (Phi) is 5.95. The van der Waals surface area contributed by atoms with Gasteiger partial charge in [-0.05, 0) is 24.6 Å². The van der Waals surface area contributed by atoms with Gasteiger partial charge < -0.3 is 20.5 Å². The largest absolute Gasteiger partial charge is 0.493 e. The van der Waals surface area contributed by atoms with Gasteiger partial charge in [0.15, 0.2) is 23.0 Å². The Hall–Kier alpha value is -2.83. The van der Waals surface area contributed by atoms with Crippen molar-refractivity contribution in [1.82, 2.24) is 9.97 Å². The molecule has 128 valence electrons. The fourth-order valence-electron chi connectivity index (χ4n) is 2.21. The van der Waals surface area contributed by atoms with Crippen LogP contribution in [0.15, 0.2) is 24.4 Å². The average molecular weight is 330 g/mol. The summed E-state index contributed by atoms with van der Waals surface area (Å²) in [5.74, 6) is 1.00. The van der Waals surface area contributed by atoms with E-state index in [4.69, 9.17) is 15.2 Å². The van der Waals surface area contributed by atoms with Crippen LogP contribution in [-0.2, 0) is 0 Å². The lowest BCUT2D eigenvalue weighted by molar-refractivity contribution is 0.0996. The fourth-order valence-corrected chi connectivity index (χ4v) is 2.21. The Balaban J connectivity index is 2.40. The molecule has 0 spiro atoms. The number of methoxy groups -OCH3 is 2. The minimum atomic E-state index is -0.611. The van der Waals surface area contributed by atoms with Gasteiger partial charge in [-0.2, -0.15) is 0 Å². The number of anilines is 1. The van der Waals surface area contributed by atoms with Crippen LogP contribution in [-0.4, -0.2) is 36.6 Å². The van der Waals surface area contributed by atoms with Gasteiger partial charge in [0.2, 0.25) is 0 Å². The quantitative estimate of drug-likeness (QED) is 0.721. The van der Waals surface area contributed by atoms with Crippen molar-refractivity contribution in [3.63, 3.8) is 0 Å². The molecular weight excluding hydrogens is 308 g/mol. The van der Waals surface area contributed by atoms with Gasteiger partial charge in [0, 0.05) is 12.1 Å². The predicted octanol–water partition coefficient (Wildman–Crippen LogP) is 2.47. The lowest BCUT2D eigenvalue weighted by atomic mass is 10.1. The van der Waals surface area contributed by atoms with Crippen LogP contribution in [0.5, 0.6) is 11.5 Å². The number of hydrogen-bond acceptors (Lipinski definition) is 6. The summed E-state index contributed by atoms with van der Waals surface area (Å²) in [6.45, 7) is 2.78. The Morgan fingerprint density at radius 3 is 2.62 bits per heavy atom. The number of aromatic nitrogens is 2. The lowest BCUT2D eigenvalue weighted by Gasteiger charge is -2.12. The first-order valence-electron chi connectivity index (χ1n) is 7.73. The van der Waals surface area contributed by atoms with Gasteiger partial charge in [-0.15, -0.1) is 0 Å². The van der Waals surface area contributed by atoms with E-state index in [9.17, 15) is 4.79 Å². The van der Waals surface area contributed by atoms with Crippen LogP contribution in [0.3, 0.4) is 0 Å². The SMILES string of the molecule is CCCCNc1nc(-c2ccc(OC)c(OC)c2)cnc1C(N)=O. The molecule has 0 saturated carbocycles. The topological polar surface area (TPSA) is 99.4 Å². The second-order valence-corrected chi connectivity index (χ2v) is 5.17. The zero-order valence-corrected chi connectivity index (χ0v) is 14.1. The number of unbranched alkanes of at least 4 members (excludes halogenated alkanes) is 1. The number of amides is 1. The maximum Gasteiger partial charge on any atom is 0.271 e. The number of nitrogens with two attached hydrogens (primary N) is 1. The van der Waals surface area contributed by atoms with E-state index >= 15 is 0 Å². The van der Waals surface area contributed by atoms with Crippen molar-refractivity contribution in [3.05, 3.63) is 30.1 Å². The molecule has 0 radical (unpaired) electrons. The van der Waals surface area contributed by atoms with Crippen LogP contribution in [0.25, 0.3) is 11.3 Å². The Labute approximate surface area is 141 Å². The third kappa shape index (κ3) is 3.92. The summed E-state index contributed by atoms with van der Waals surface area (Å²) in [4.78, 5) is 20.2. The van der Waals surface area contributed by atoms with Crippen molar-refractivity contribution in [2.24, 2.45) is 5.73 Å². The van der Waals surface area contributed by atoms with E-state index in [1.165, 1.54) is 6.20 Å². The summed E-state index contributed by atoms with van der Waals surface area (Å²) in [5, 5.41) is 3.13. The van der Waals surface area contributed by atoms with Gasteiger partial charge in [-0.25, -0.2) is 9.97 Å². The van der Waals surface area contributed by atoms with Crippen LogP contribution in [0.4, 0.5) is 5.82 Å². The molecule has 0 bridgehead atoms. The first-order valence-corrected chi connectivity index (χ1v) is 7.73. The van der Waals surface area contributed by atoms with E-state index in [2.05, 4.69) is 22.2 Å². The smallest absolute Gasteiger partial charge is 0.271 e. The minimum absolute atomic E-state index is 0.135. The maximum atomic E-state index is 11.5. The van der Waals surface area contributed by atoms with Crippen LogP contribution in [0, 0.1) is 0 Å². The molecule has 24 heavy (non-hydrogen) atoms. The third-order valence-electron chi connectivity index (χ3n) is 3.51. The number of nitrogens with zero attached hydrogens (tertiary/aromatic N) is 2. The minimum Gasteiger partial charge on any atom is -0.493 e. The van der Waals surface area contributed by atoms with E-state index in [0.717, 1.165) is 18.4 Å². The van der Waals surface area contributed by atoms with Gasteiger partial charge in [0.25, 0.3) is 5.91 Å². The Bertz CT molecular complexity index is 719. The van der Waals surface area contributed by atoms with Crippen LogP contribution >= 0.6 is 0 Å². The fraction of sp³-hybridized carbons (Fsp3) is 0.353. The lowest BCUT2D eigenvalue weighted by Crippen LogP contribution is -2.18. The van der Waals surface area contributed by atoms with Gasteiger partial charge in [-0.1, -0.05) is 13.3 Å². The molecule has 0 aliphatic carbocycles. The highest BCUT2D eigenvalue weighted by Gasteiger charge is 2.14. The predicted molar refractivity (Wildman–Crippen MR) is 92.5 cm³/mol. The van der Waals surface area contributed by atoms with Crippen molar-refractivity contribution < 1.29 is 14.3 Å². The van der Waals surface area contributed by atoms with Crippen molar-refractivity contribution in [2.45, 2.75) is 19.8 Å². The monoisotopic (exact) mass is 330 g/mol. The van der Waals surface area contributed by atoms with E-state index in [1.54, 1.807) is 20.3 Å². The molecule has 3 N–H and O–H groups in total. The van der Waals surface area contributed by atoms with Gasteiger partial charge >= 0.3 is 0 Å². The van der Waals surface area contributed by atoms with Crippen LogP contribution in [0.1, 0.15) is 30.3 Å². The van der Waals surface area contributed by atoms with Crippen molar-refractivity contribution in [3.8, 4) is 22.8 Å². The summed E-state index contributed by atoms with van der Waals surface area (Å²) >= 11 is 0. The summed E-state index contributed by atoms with van der Waals surface area (Å²) in [7, 11) is 3.15. The summed E-state index contributed by atoms with van der Waals surface area (Å²) in [6.07, 6.45) is 3.51. The number of carbonyl (C=O) groups is 1. The average Bonchev–Trinajstić information content (AvgIpc) is 2.61. The van der Waals surface area contributed by atoms with Crippen molar-refractivity contribution >= 4 is 11.7 Å². The molecule has 1 aromatic carbocycles. The molecular formula is C17H22N4O3. The summed E-state index contributed by atoms with van der Waals surface area (Å²) < 4.78 is 10.5. The molecule has 2 rings (SSSR count). The molecule has 0 aliphatic heterocycles. The van der Waals surface area contributed by atoms with Gasteiger partial charge in [0.1, 0.15) is 0 Å². The molecule has 0 atom stereocenters. The standard InChI is InChI=1S/C17H22N4O3/c1-4-5-8-19-17-15(16(18)22)20-10-12(21-17)11-6-7-13(23-2)14(9-11)24-3/h6-7,9-10H,4-5,8H2,1-3H3,(H2,18,22)(H,19,21). The third-order valence-corrected chi connectivity index (χ3v) is 3.51. The molecule has 0 saturated heterocycles. The van der Waals surface area contributed by atoms with E-state index in [-0.39, 0.29) is 5.69 Å². The summed E-state index contributed by atoms with van der Waals surface area (Å²) in [5.41, 5.74) is 6.92. The Morgan fingerprint density at radius 1 is 1.25 bits per heavy atom. The molecule has 0 fully saturated rings. The second kappa shape index (κ2) is 8.14. The van der Waals surface area contributed by atoms with Gasteiger partial charge in [0.05, 0.1) is 26.1 Å². The number of ether oxygens (including phenoxy) is 2. The molecule has 2 aromatic rings. The normalized spacial score (nSPS) is 10.3. The molecule has 1 amide bonds. The van der Waals surface area contributed by atoms with E-state index < -0.39 is 5.91 Å². The number of rotatable bonds is 8. The molecule has 0 aliphatic rings. The molecule has 0 unspecified atom stereocenters. The zero-order valence-electron chi connectivity index (χ0n) is 14.1. The Morgan fingerprint density at radius 2 is 2.00 bits per heavy atom. The van der Waals surface area contributed by atoms with Crippen LogP contribution in [0.2, 0.25) is 0 Å². The highest BCUT2D eigenvalue weighted by Crippen LogP contribution is 2.31. The molecule has 1 heterocycles. The number of benzene rings is 1. The highest BCUT2D eigenvalue weighted by molar-refractivity contribution is 5.95. The zero-order chi connectivity index (χ0) is 17.5. The molecule has 7 nitrogen and oxygen atoms in total. The van der Waals surface area contributed by atoms with Crippen molar-refractivity contribution in [1.29, 1.82) is 0 Å². The second-order valence-electron chi connectivity index (χ2n) is 5.17. The first kappa shape index (κ1) is 17.5. The number of carbonyl (C=O) groups excluding carboxylic acids is 1. The van der Waals surface area contributed by atoms with Crippen molar-refractivity contribution in [2.75, 3.05) is 26.1 Å². The van der Waals surface area contributed by atoms with E-state index in [0.29, 0.717) is 29.6 Å². The number of hydrogen-bond donors (Lipinski definition) is 2. The van der Waals surface area contributed by atoms with Gasteiger partial charge in [-0.3, -0.25) is 4.79 Å². The molecule has 7 heteroatoms. The van der Waals surface area contributed by atoms with Crippen LogP contribution < -0.4 is 20.5 Å². The highest BCUT2D eigenvalue weighted by atomic mass is 16.5. The molecule has 1 aromatic heterocycles. The number of nitrogens with one attached hydrogen (secondary N) is 1. The maximum absolute atomic E-state index is 11.5. The van der Waals surface area contributed by atoms with E-state index in [1.807, 2.05) is 12.1 Å². The summed E-state index contributed by atoms with van der Waals surface area (Å²) in [6, 6.07) is 5.45. The number of primary amides is 1.